The van der Waals surface area contributed by atoms with Crippen LogP contribution in [0.2, 0.25) is 0 Å². The van der Waals surface area contributed by atoms with Crippen LogP contribution in [0.5, 0.6) is 0 Å². The van der Waals surface area contributed by atoms with Gasteiger partial charge in [-0.3, -0.25) is 0 Å². The molecule has 266 valence electrons. The van der Waals surface area contributed by atoms with Crippen LogP contribution in [-0.2, 0) is 0 Å². The lowest BCUT2D eigenvalue weighted by molar-refractivity contribution is 1.07. The molecule has 0 amide bonds. The minimum absolute atomic E-state index is 0.638. The Morgan fingerprint density at radius 1 is 0.316 bits per heavy atom. The van der Waals surface area contributed by atoms with E-state index in [4.69, 9.17) is 15.0 Å². The van der Waals surface area contributed by atoms with Gasteiger partial charge in [-0.25, -0.2) is 15.0 Å². The molecule has 0 saturated heterocycles. The monoisotopic (exact) mass is 745 g/mol. The lowest BCUT2D eigenvalue weighted by Crippen LogP contribution is -2.00. The lowest BCUT2D eigenvalue weighted by Gasteiger charge is -2.11. The Morgan fingerprint density at radius 2 is 0.772 bits per heavy atom. The van der Waals surface area contributed by atoms with Crippen LogP contribution in [0.15, 0.2) is 188 Å². The maximum absolute atomic E-state index is 5.12. The molecule has 0 spiro atoms. The summed E-state index contributed by atoms with van der Waals surface area (Å²) in [4.78, 5) is 15.2. The van der Waals surface area contributed by atoms with Gasteiger partial charge >= 0.3 is 0 Å². The molecule has 0 aliphatic carbocycles. The highest BCUT2D eigenvalue weighted by Crippen LogP contribution is 2.42. The van der Waals surface area contributed by atoms with Gasteiger partial charge < -0.3 is 9.13 Å². The van der Waals surface area contributed by atoms with E-state index >= 15 is 0 Å². The van der Waals surface area contributed by atoms with Crippen LogP contribution in [-0.4, -0.2) is 24.1 Å². The fourth-order valence-electron chi connectivity index (χ4n) is 8.63. The SMILES string of the molecule is c1ccc(-c2nc(-c3ccc(-n4c5ccccc5c5c6c7ccccc7n(-c7ccccc7)c6ccc54)cc3)nc(-c3ccc4c(c3)sc3ccccc34)n2)cc1. The highest BCUT2D eigenvalue weighted by atomic mass is 32.1. The van der Waals surface area contributed by atoms with E-state index in [1.807, 2.05) is 18.2 Å². The summed E-state index contributed by atoms with van der Waals surface area (Å²) in [6.07, 6.45) is 0. The predicted octanol–water partition coefficient (Wildman–Crippen LogP) is 13.4. The van der Waals surface area contributed by atoms with E-state index < -0.39 is 0 Å². The average molecular weight is 746 g/mol. The molecule has 0 bridgehead atoms. The van der Waals surface area contributed by atoms with E-state index in [0.717, 1.165) is 39.1 Å². The molecule has 12 rings (SSSR count). The number of hydrogen-bond donors (Lipinski definition) is 0. The van der Waals surface area contributed by atoms with Crippen LogP contribution < -0.4 is 0 Å². The van der Waals surface area contributed by atoms with Gasteiger partial charge in [0.05, 0.1) is 22.1 Å². The molecule has 0 saturated carbocycles. The van der Waals surface area contributed by atoms with E-state index in [-0.39, 0.29) is 0 Å². The lowest BCUT2D eigenvalue weighted by atomic mass is 10.1. The van der Waals surface area contributed by atoms with E-state index in [9.17, 15) is 0 Å². The van der Waals surface area contributed by atoms with E-state index in [2.05, 4.69) is 179 Å². The number of benzene rings is 8. The molecule has 57 heavy (non-hydrogen) atoms. The summed E-state index contributed by atoms with van der Waals surface area (Å²) >= 11 is 1.80. The van der Waals surface area contributed by atoms with E-state index in [0.29, 0.717) is 17.5 Å². The number of fused-ring (bicyclic) bond motifs is 10. The standard InChI is InChI=1S/C51H31N5S/c1-3-13-32(14-4-1)49-52-50(54-51(53-49)34-25-28-38-37-17-9-12-22-45(37)57-46(38)31-34)33-23-26-36(27-24-33)56-42-21-11-8-19-40(42)48-44(56)30-29-43-47(48)39-18-7-10-20-41(39)55(43)35-15-5-2-6-16-35/h1-31H. The molecule has 4 heterocycles. The first kappa shape index (κ1) is 31.9. The first-order valence-electron chi connectivity index (χ1n) is 19.1. The van der Waals surface area contributed by atoms with Gasteiger partial charge in [0.1, 0.15) is 0 Å². The predicted molar refractivity (Wildman–Crippen MR) is 238 cm³/mol. The second-order valence-corrected chi connectivity index (χ2v) is 15.5. The van der Waals surface area contributed by atoms with Crippen LogP contribution in [0, 0.1) is 0 Å². The van der Waals surface area contributed by atoms with Gasteiger partial charge in [-0.15, -0.1) is 11.3 Å². The van der Waals surface area contributed by atoms with Crippen molar-refractivity contribution in [3.05, 3.63) is 188 Å². The van der Waals surface area contributed by atoms with E-state index in [1.165, 1.54) is 52.8 Å². The number of hydrogen-bond acceptors (Lipinski definition) is 4. The topological polar surface area (TPSA) is 48.5 Å². The zero-order chi connectivity index (χ0) is 37.5. The molecule has 5 nitrogen and oxygen atoms in total. The first-order chi connectivity index (χ1) is 28.3. The van der Waals surface area contributed by atoms with Crippen molar-refractivity contribution in [2.24, 2.45) is 0 Å². The fourth-order valence-corrected chi connectivity index (χ4v) is 9.77. The van der Waals surface area contributed by atoms with Crippen LogP contribution in [0.3, 0.4) is 0 Å². The Balaban J connectivity index is 1.02. The van der Waals surface area contributed by atoms with Crippen LogP contribution >= 0.6 is 11.3 Å². The zero-order valence-electron chi connectivity index (χ0n) is 30.5. The molecular weight excluding hydrogens is 715 g/mol. The number of rotatable bonds is 5. The molecule has 0 atom stereocenters. The van der Waals surface area contributed by atoms with Crippen molar-refractivity contribution in [2.75, 3.05) is 0 Å². The molecule has 0 radical (unpaired) electrons. The molecule has 0 unspecified atom stereocenters. The Morgan fingerprint density at radius 3 is 1.40 bits per heavy atom. The summed E-state index contributed by atoms with van der Waals surface area (Å²) in [6.45, 7) is 0. The number of para-hydroxylation sites is 3. The third-order valence-electron chi connectivity index (χ3n) is 11.2. The minimum atomic E-state index is 0.638. The first-order valence-corrected chi connectivity index (χ1v) is 19.9. The smallest absolute Gasteiger partial charge is 0.164 e. The van der Waals surface area contributed by atoms with Gasteiger partial charge in [0.2, 0.25) is 0 Å². The molecule has 0 aliphatic heterocycles. The number of nitrogens with zero attached hydrogens (tertiary/aromatic N) is 5. The maximum atomic E-state index is 5.12. The quantitative estimate of drug-likeness (QED) is 0.176. The van der Waals surface area contributed by atoms with Crippen molar-refractivity contribution in [3.63, 3.8) is 0 Å². The molecule has 0 aliphatic rings. The molecule has 6 heteroatoms. The van der Waals surface area contributed by atoms with E-state index in [1.54, 1.807) is 11.3 Å². The van der Waals surface area contributed by atoms with Gasteiger partial charge in [0, 0.05) is 69.8 Å². The third-order valence-corrected chi connectivity index (χ3v) is 12.3. The summed E-state index contributed by atoms with van der Waals surface area (Å²) in [5.41, 5.74) is 9.79. The Kier molecular flexibility index (Phi) is 7.03. The van der Waals surface area contributed by atoms with Gasteiger partial charge in [0.15, 0.2) is 17.5 Å². The maximum Gasteiger partial charge on any atom is 0.164 e. The highest BCUT2D eigenvalue weighted by molar-refractivity contribution is 7.25. The average Bonchev–Trinajstić information content (AvgIpc) is 3.94. The van der Waals surface area contributed by atoms with Crippen molar-refractivity contribution in [2.45, 2.75) is 0 Å². The second kappa shape index (κ2) is 12.6. The van der Waals surface area contributed by atoms with Gasteiger partial charge in [-0.2, -0.15) is 0 Å². The number of thiophene rings is 1. The molecule has 0 fully saturated rings. The second-order valence-electron chi connectivity index (χ2n) is 14.4. The summed E-state index contributed by atoms with van der Waals surface area (Å²) < 4.78 is 7.27. The molecule has 12 aromatic rings. The molecule has 8 aromatic carbocycles. The third kappa shape index (κ3) is 4.98. The van der Waals surface area contributed by atoms with Gasteiger partial charge in [-0.1, -0.05) is 115 Å². The largest absolute Gasteiger partial charge is 0.309 e. The van der Waals surface area contributed by atoms with Crippen molar-refractivity contribution in [3.8, 4) is 45.5 Å². The normalized spacial score (nSPS) is 11.9. The Labute approximate surface area is 331 Å². The summed E-state index contributed by atoms with van der Waals surface area (Å²) in [5.74, 6) is 1.94. The minimum Gasteiger partial charge on any atom is -0.309 e. The Bertz CT molecular complexity index is 3510. The van der Waals surface area contributed by atoms with Crippen LogP contribution in [0.4, 0.5) is 0 Å². The number of aromatic nitrogens is 5. The van der Waals surface area contributed by atoms with Crippen molar-refractivity contribution >= 4 is 75.1 Å². The van der Waals surface area contributed by atoms with Gasteiger partial charge in [-0.05, 0) is 72.8 Å². The Hall–Kier alpha value is -7.41. The van der Waals surface area contributed by atoms with Gasteiger partial charge in [0.25, 0.3) is 0 Å². The fraction of sp³-hybridized carbons (Fsp3) is 0. The van der Waals surface area contributed by atoms with Crippen molar-refractivity contribution in [1.29, 1.82) is 0 Å². The molecule has 4 aromatic heterocycles. The molecular formula is C51H31N5S. The van der Waals surface area contributed by atoms with Crippen molar-refractivity contribution < 1.29 is 0 Å². The van der Waals surface area contributed by atoms with Crippen LogP contribution in [0.25, 0.3) is 109 Å². The summed E-state index contributed by atoms with van der Waals surface area (Å²) in [7, 11) is 0. The highest BCUT2D eigenvalue weighted by Gasteiger charge is 2.21. The van der Waals surface area contributed by atoms with Crippen LogP contribution in [0.1, 0.15) is 0 Å². The summed E-state index contributed by atoms with van der Waals surface area (Å²) in [6, 6.07) is 66.7. The summed E-state index contributed by atoms with van der Waals surface area (Å²) in [5, 5.41) is 7.51. The van der Waals surface area contributed by atoms with Crippen molar-refractivity contribution in [1.82, 2.24) is 24.1 Å². The zero-order valence-corrected chi connectivity index (χ0v) is 31.4. The molecule has 0 N–H and O–H groups in total.